The Labute approximate surface area is 118 Å². The summed E-state index contributed by atoms with van der Waals surface area (Å²) in [5.74, 6) is 0. The minimum Gasteiger partial charge on any atom is -0.330 e. The third-order valence-electron chi connectivity index (χ3n) is 3.57. The molecular formula is C14H31NO3S. The van der Waals surface area contributed by atoms with E-state index in [1.165, 1.54) is 44.9 Å². The van der Waals surface area contributed by atoms with Crippen LogP contribution in [0.1, 0.15) is 77.6 Å². The molecule has 0 aromatic heterocycles. The average molecular weight is 293 g/mol. The first kappa shape index (κ1) is 18.9. The van der Waals surface area contributed by atoms with Crippen molar-refractivity contribution in [2.45, 2.75) is 82.8 Å². The third-order valence-corrected chi connectivity index (χ3v) is 4.83. The molecule has 0 bridgehead atoms. The first-order valence-corrected chi connectivity index (χ1v) is 9.15. The zero-order valence-corrected chi connectivity index (χ0v) is 13.1. The van der Waals surface area contributed by atoms with Crippen LogP contribution in [0.2, 0.25) is 0 Å². The lowest BCUT2D eigenvalue weighted by molar-refractivity contribution is 0.461. The fraction of sp³-hybridized carbons (Fsp3) is 1.00. The molecule has 0 saturated heterocycles. The Bertz CT molecular complexity index is 291. The van der Waals surface area contributed by atoms with Crippen molar-refractivity contribution in [3.05, 3.63) is 0 Å². The van der Waals surface area contributed by atoms with E-state index in [0.29, 0.717) is 6.42 Å². The molecule has 3 N–H and O–H groups in total. The first-order chi connectivity index (χ1) is 8.98. The van der Waals surface area contributed by atoms with E-state index in [2.05, 4.69) is 0 Å². The largest absolute Gasteiger partial charge is 0.330 e. The van der Waals surface area contributed by atoms with Crippen LogP contribution in [0.4, 0.5) is 0 Å². The van der Waals surface area contributed by atoms with Gasteiger partial charge in [0.1, 0.15) is 0 Å². The van der Waals surface area contributed by atoms with E-state index in [9.17, 15) is 8.42 Å². The molecule has 0 heterocycles. The van der Waals surface area contributed by atoms with E-state index in [1.54, 1.807) is 6.92 Å². The Kier molecular flexibility index (Phi) is 11.6. The summed E-state index contributed by atoms with van der Waals surface area (Å²) in [6, 6.07) is 0. The number of hydrogen-bond donors (Lipinski definition) is 2. The molecule has 19 heavy (non-hydrogen) atoms. The maximum absolute atomic E-state index is 10.8. The van der Waals surface area contributed by atoms with Gasteiger partial charge in [-0.2, -0.15) is 8.42 Å². The molecule has 0 aliphatic carbocycles. The summed E-state index contributed by atoms with van der Waals surface area (Å²) in [4.78, 5) is 0. The van der Waals surface area contributed by atoms with Crippen LogP contribution in [-0.4, -0.2) is 24.8 Å². The van der Waals surface area contributed by atoms with E-state index in [4.69, 9.17) is 10.3 Å². The molecule has 0 fully saturated rings. The highest BCUT2D eigenvalue weighted by atomic mass is 32.2. The molecule has 0 aliphatic rings. The predicted molar refractivity (Wildman–Crippen MR) is 80.9 cm³/mol. The number of nitrogens with two attached hydrogens (primary N) is 1. The summed E-state index contributed by atoms with van der Waals surface area (Å²) in [7, 11) is -3.82. The van der Waals surface area contributed by atoms with Crippen LogP contribution in [0.25, 0.3) is 0 Å². The molecule has 0 aromatic rings. The second-order valence-electron chi connectivity index (χ2n) is 5.44. The van der Waals surface area contributed by atoms with Crippen molar-refractivity contribution in [2.75, 3.05) is 6.54 Å². The summed E-state index contributed by atoms with van der Waals surface area (Å²) in [5, 5.41) is -0.616. The zero-order chi connectivity index (χ0) is 14.6. The quantitative estimate of drug-likeness (QED) is 0.402. The van der Waals surface area contributed by atoms with Crippen molar-refractivity contribution in [1.29, 1.82) is 0 Å². The lowest BCUT2D eigenvalue weighted by Gasteiger charge is -2.07. The monoisotopic (exact) mass is 293 g/mol. The summed E-state index contributed by atoms with van der Waals surface area (Å²) < 4.78 is 30.4. The Morgan fingerprint density at radius 1 is 0.842 bits per heavy atom. The van der Waals surface area contributed by atoms with Crippen molar-refractivity contribution in [2.24, 2.45) is 5.73 Å². The zero-order valence-electron chi connectivity index (χ0n) is 12.3. The highest BCUT2D eigenvalue weighted by Gasteiger charge is 2.15. The van der Waals surface area contributed by atoms with Gasteiger partial charge in [0.05, 0.1) is 5.25 Å². The Hall–Kier alpha value is -0.130. The highest BCUT2D eigenvalue weighted by molar-refractivity contribution is 7.86. The molecule has 0 saturated carbocycles. The summed E-state index contributed by atoms with van der Waals surface area (Å²) >= 11 is 0. The molecule has 4 nitrogen and oxygen atoms in total. The Morgan fingerprint density at radius 2 is 1.21 bits per heavy atom. The highest BCUT2D eigenvalue weighted by Crippen LogP contribution is 2.13. The lowest BCUT2D eigenvalue weighted by Crippen LogP contribution is -2.16. The first-order valence-electron chi connectivity index (χ1n) is 7.65. The van der Waals surface area contributed by atoms with Crippen LogP contribution in [-0.2, 0) is 10.1 Å². The minimum absolute atomic E-state index is 0.567. The van der Waals surface area contributed by atoms with Gasteiger partial charge in [0.15, 0.2) is 0 Å². The Morgan fingerprint density at radius 3 is 1.58 bits per heavy atom. The van der Waals surface area contributed by atoms with Crippen molar-refractivity contribution in [1.82, 2.24) is 0 Å². The van der Waals surface area contributed by atoms with Gasteiger partial charge in [-0.3, -0.25) is 4.55 Å². The molecule has 116 valence electrons. The fourth-order valence-electron chi connectivity index (χ4n) is 2.14. The second kappa shape index (κ2) is 11.7. The molecular weight excluding hydrogens is 262 g/mol. The molecule has 0 aromatic carbocycles. The van der Waals surface area contributed by atoms with E-state index in [-0.39, 0.29) is 0 Å². The van der Waals surface area contributed by atoms with Gasteiger partial charge in [-0.15, -0.1) is 0 Å². The van der Waals surface area contributed by atoms with Crippen LogP contribution in [0.15, 0.2) is 0 Å². The summed E-state index contributed by atoms with van der Waals surface area (Å²) in [6.45, 7) is 2.37. The molecule has 0 radical (unpaired) electrons. The van der Waals surface area contributed by atoms with Crippen LogP contribution < -0.4 is 5.73 Å². The topological polar surface area (TPSA) is 80.4 Å². The van der Waals surface area contributed by atoms with E-state index in [0.717, 1.165) is 25.8 Å². The van der Waals surface area contributed by atoms with E-state index < -0.39 is 15.4 Å². The average Bonchev–Trinajstić information content (AvgIpc) is 2.34. The Balaban J connectivity index is 3.19. The van der Waals surface area contributed by atoms with Gasteiger partial charge < -0.3 is 5.73 Å². The molecule has 0 rings (SSSR count). The normalized spacial score (nSPS) is 13.6. The van der Waals surface area contributed by atoms with Crippen LogP contribution in [0.3, 0.4) is 0 Å². The van der Waals surface area contributed by atoms with Gasteiger partial charge in [0.25, 0.3) is 10.1 Å². The van der Waals surface area contributed by atoms with Gasteiger partial charge in [-0.25, -0.2) is 0 Å². The van der Waals surface area contributed by atoms with Crippen LogP contribution in [0.5, 0.6) is 0 Å². The molecule has 1 unspecified atom stereocenters. The minimum atomic E-state index is -3.82. The molecule has 0 aliphatic heterocycles. The van der Waals surface area contributed by atoms with E-state index >= 15 is 0 Å². The molecule has 0 amide bonds. The summed E-state index contributed by atoms with van der Waals surface area (Å²) in [5.41, 5.74) is 5.43. The van der Waals surface area contributed by atoms with Gasteiger partial charge in [0.2, 0.25) is 0 Å². The maximum Gasteiger partial charge on any atom is 0.267 e. The van der Waals surface area contributed by atoms with Crippen LogP contribution in [0, 0.1) is 0 Å². The maximum atomic E-state index is 10.8. The fourth-order valence-corrected chi connectivity index (χ4v) is 2.60. The molecule has 1 atom stereocenters. The lowest BCUT2D eigenvalue weighted by atomic mass is 10.1. The number of unbranched alkanes of at least 4 members (excludes halogenated alkanes) is 9. The van der Waals surface area contributed by atoms with Crippen LogP contribution >= 0.6 is 0 Å². The molecule has 5 heteroatoms. The van der Waals surface area contributed by atoms with Gasteiger partial charge in [-0.05, 0) is 26.3 Å². The standard InChI is InChI=1S/C14H31NO3S/c1-14(19(16,17)18)12-10-8-6-4-2-3-5-7-9-11-13-15/h14H,2-13,15H2,1H3,(H,16,17,18). The SMILES string of the molecule is CC(CCCCCCCCCCCCN)S(=O)(=O)O. The van der Waals surface area contributed by atoms with Crippen molar-refractivity contribution < 1.29 is 13.0 Å². The van der Waals surface area contributed by atoms with Crippen molar-refractivity contribution >= 4 is 10.1 Å². The second-order valence-corrected chi connectivity index (χ2v) is 7.27. The number of rotatable bonds is 13. The number of hydrogen-bond acceptors (Lipinski definition) is 3. The molecule has 0 spiro atoms. The summed E-state index contributed by atoms with van der Waals surface area (Å²) in [6.07, 6.45) is 12.5. The smallest absolute Gasteiger partial charge is 0.267 e. The third kappa shape index (κ3) is 12.6. The van der Waals surface area contributed by atoms with Crippen molar-refractivity contribution in [3.8, 4) is 0 Å². The van der Waals surface area contributed by atoms with E-state index in [1.807, 2.05) is 0 Å². The van der Waals surface area contributed by atoms with Gasteiger partial charge in [-0.1, -0.05) is 57.8 Å². The van der Waals surface area contributed by atoms with Gasteiger partial charge >= 0.3 is 0 Å². The predicted octanol–water partition coefficient (Wildman–Crippen LogP) is 3.51. The van der Waals surface area contributed by atoms with Crippen molar-refractivity contribution in [3.63, 3.8) is 0 Å². The van der Waals surface area contributed by atoms with Gasteiger partial charge in [0, 0.05) is 0 Å².